The molecule has 0 spiro atoms. The van der Waals surface area contributed by atoms with Gasteiger partial charge in [-0.15, -0.1) is 5.06 Å². The summed E-state index contributed by atoms with van der Waals surface area (Å²) in [5.74, 6) is 0.792. The topological polar surface area (TPSA) is 397 Å². The highest BCUT2D eigenvalue weighted by Crippen LogP contribution is 2.45. The average Bonchev–Trinajstić information content (AvgIpc) is 1.65. The maximum Gasteiger partial charge on any atom is 0.469 e. The van der Waals surface area contributed by atoms with E-state index in [1.165, 1.54) is 128 Å². The average molecular weight is 1480 g/mol. The largest absolute Gasteiger partial charge is 0.494 e. The summed E-state index contributed by atoms with van der Waals surface area (Å²) in [4.78, 5) is 161. The molecule has 32 heteroatoms. The van der Waals surface area contributed by atoms with Gasteiger partial charge >= 0.3 is 27.3 Å². The Kier molecular flexibility index (Phi) is 38.8. The fourth-order valence-electron chi connectivity index (χ4n) is 11.3. The van der Waals surface area contributed by atoms with E-state index in [9.17, 15) is 62.4 Å². The van der Waals surface area contributed by atoms with E-state index in [1.807, 2.05) is 4.98 Å². The second-order valence-corrected chi connectivity index (χ2v) is 30.5. The molecule has 3 aromatic rings. The number of benzene rings is 2. The van der Waals surface area contributed by atoms with Gasteiger partial charge in [-0.25, -0.2) is 18.7 Å². The fourth-order valence-corrected chi connectivity index (χ4v) is 14.5. The quantitative estimate of drug-likeness (QED) is 0.00775. The third kappa shape index (κ3) is 32.4. The Labute approximate surface area is 592 Å². The van der Waals surface area contributed by atoms with Gasteiger partial charge in [0.05, 0.1) is 24.6 Å². The van der Waals surface area contributed by atoms with E-state index in [1.54, 1.807) is 6.92 Å². The van der Waals surface area contributed by atoms with Gasteiger partial charge in [-0.05, 0) is 105 Å². The van der Waals surface area contributed by atoms with Gasteiger partial charge in [0.25, 0.3) is 34.9 Å². The van der Waals surface area contributed by atoms with Crippen LogP contribution in [-0.4, -0.2) is 129 Å². The van der Waals surface area contributed by atoms with Gasteiger partial charge in [-0.3, -0.25) is 67.2 Å². The van der Waals surface area contributed by atoms with Crippen LogP contribution in [0.25, 0.3) is 0 Å². The van der Waals surface area contributed by atoms with Crippen molar-refractivity contribution in [2.24, 2.45) is 11.8 Å². The van der Waals surface area contributed by atoms with Crippen LogP contribution >= 0.6 is 37.2 Å². The number of imide groups is 2. The molecule has 28 nitrogen and oxygen atoms in total. The monoisotopic (exact) mass is 1480 g/mol. The lowest BCUT2D eigenvalue weighted by molar-refractivity contribution is -0.385. The zero-order chi connectivity index (χ0) is 74.0. The SMILES string of the molecule is CC(CC(=O)C1CCC(CN2C(=O)C=CC2=O)CC1)c1cc(OCCCC(=O)ON2C(=O)CCC2=O)ccc1[N+](=O)[O-].CCCCC(=O)NCc1ccc(C)c(C(C)C)c1.CCCCCCCSSCCCCCCC.O=c1ccn([C@H]2C[C@@H](OP(=O)(O)O)[C@@H](COP(=O)(O)O)O2)c(=O)[nH]1. The van der Waals surface area contributed by atoms with E-state index >= 15 is 0 Å². The minimum atomic E-state index is -4.93. The Morgan fingerprint density at radius 2 is 1.37 bits per heavy atom. The summed E-state index contributed by atoms with van der Waals surface area (Å²) in [5, 5.41) is 15.2. The van der Waals surface area contributed by atoms with Gasteiger partial charge < -0.3 is 39.2 Å². The zero-order valence-corrected chi connectivity index (χ0v) is 61.9. The molecule has 1 aromatic heterocycles. The molecule has 4 heterocycles. The molecule has 7 rings (SSSR count). The van der Waals surface area contributed by atoms with E-state index in [-0.39, 0.29) is 86.2 Å². The third-order valence-corrected chi connectivity index (χ3v) is 20.5. The standard InChI is InChI=1S/C29H33N3O10.C16H25NO.C14H30S2.C9H14N2O11P2/c1-18(15-24(33)20-6-4-19(5-7-20)17-30-25(34)10-11-26(30)35)22-16-21(8-9-23(22)32(39)40)41-14-2-3-29(38)42-31-27(36)12-13-28(31)37;1-5-6-7-16(18)17-11-14-9-8-13(4)15(10-14)12(2)3;1-3-5-7-9-11-13-15-16-14-12-10-8-6-4-2;12-7-1-2-11(9(13)10-7)8-3-5(22-24(17,18)19)6(21-8)4-20-23(14,15)16/h8-11,16,18-20H,2-7,12-15,17H2,1H3;8-10,12H,5-7,11H2,1-4H3,(H,17,18);3-14H2,1-2H3;1-2,5-6,8H,3-4H2,(H,10,12,13)(H2,14,15,16)(H2,17,18,19)/t;;;5-,6-,8-/m...1/s1. The lowest BCUT2D eigenvalue weighted by Gasteiger charge is -2.30. The van der Waals surface area contributed by atoms with Gasteiger partial charge in [-0.2, -0.15) is 0 Å². The number of aryl methyl sites for hydroxylation is 1. The number of hydrogen-bond donors (Lipinski definition) is 6. The molecule has 2 saturated heterocycles. The molecular weight excluding hydrogens is 1380 g/mol. The number of phosphoric ester groups is 2. The summed E-state index contributed by atoms with van der Waals surface area (Å²) in [6.45, 7) is 15.3. The molecule has 4 atom stereocenters. The van der Waals surface area contributed by atoms with Crippen LogP contribution in [0.1, 0.15) is 230 Å². The Bertz CT molecular complexity index is 3360. The van der Waals surface area contributed by atoms with Crippen LogP contribution in [0.5, 0.6) is 5.75 Å². The molecule has 3 fully saturated rings. The Morgan fingerprint density at radius 3 is 1.93 bits per heavy atom. The molecule has 558 valence electrons. The summed E-state index contributed by atoms with van der Waals surface area (Å²) in [5.41, 5.74) is 2.64. The van der Waals surface area contributed by atoms with Crippen molar-refractivity contribution in [2.45, 2.75) is 233 Å². The molecule has 6 N–H and O–H groups in total. The van der Waals surface area contributed by atoms with Crippen LogP contribution in [0, 0.1) is 28.9 Å². The van der Waals surface area contributed by atoms with E-state index in [4.69, 9.17) is 33.9 Å². The van der Waals surface area contributed by atoms with Crippen molar-refractivity contribution in [2.75, 3.05) is 31.3 Å². The summed E-state index contributed by atoms with van der Waals surface area (Å²) in [6, 6.07) is 11.8. The molecular formula is C68H102N6O22P2S2. The number of amides is 5. The number of rotatable bonds is 38. The molecule has 0 radical (unpaired) electrons. The number of hydrogen-bond acceptors (Lipinski definition) is 20. The molecule has 1 saturated carbocycles. The molecule has 3 aliphatic heterocycles. The summed E-state index contributed by atoms with van der Waals surface area (Å²) < 4.78 is 42.5. The van der Waals surface area contributed by atoms with Crippen LogP contribution in [0.4, 0.5) is 5.69 Å². The summed E-state index contributed by atoms with van der Waals surface area (Å²) in [6.07, 6.45) is 19.5. The number of carbonyl (C=O) groups excluding carboxylic acids is 7. The number of ether oxygens (including phenoxy) is 2. The lowest BCUT2D eigenvalue weighted by Crippen LogP contribution is -2.36. The smallest absolute Gasteiger partial charge is 0.469 e. The summed E-state index contributed by atoms with van der Waals surface area (Å²) >= 11 is 0. The number of aromatic amines is 1. The van der Waals surface area contributed by atoms with Crippen LogP contribution in [-0.2, 0) is 67.9 Å². The minimum Gasteiger partial charge on any atom is -0.494 e. The van der Waals surface area contributed by atoms with Crippen LogP contribution in [0.15, 0.2) is 70.4 Å². The molecule has 100 heavy (non-hydrogen) atoms. The fraction of sp³-hybridized carbons (Fsp3) is 0.632. The number of H-pyrrole nitrogens is 1. The molecule has 0 bridgehead atoms. The number of aromatic nitrogens is 2. The van der Waals surface area contributed by atoms with E-state index in [0.717, 1.165) is 29.7 Å². The second kappa shape index (κ2) is 45.0. The van der Waals surface area contributed by atoms with Crippen molar-refractivity contribution in [1.29, 1.82) is 0 Å². The first-order valence-corrected chi connectivity index (χ1v) is 40.0. The maximum absolute atomic E-state index is 13.1. The maximum atomic E-state index is 13.1. The first kappa shape index (κ1) is 86.2. The van der Waals surface area contributed by atoms with Crippen molar-refractivity contribution >= 4 is 84.2 Å². The van der Waals surface area contributed by atoms with Gasteiger partial charge in [0, 0.05) is 98.7 Å². The molecule has 4 aliphatic rings. The number of carbonyl (C=O) groups is 7. The van der Waals surface area contributed by atoms with Crippen LogP contribution in [0.3, 0.4) is 0 Å². The van der Waals surface area contributed by atoms with Crippen molar-refractivity contribution < 1.29 is 90.5 Å². The van der Waals surface area contributed by atoms with Gasteiger partial charge in [-0.1, -0.05) is 139 Å². The number of nitrogens with zero attached hydrogens (tertiary/aromatic N) is 4. The van der Waals surface area contributed by atoms with Crippen molar-refractivity contribution in [3.8, 4) is 5.75 Å². The number of ketones is 1. The molecule has 5 amide bonds. The lowest BCUT2D eigenvalue weighted by atomic mass is 9.77. The highest BCUT2D eigenvalue weighted by Gasteiger charge is 2.42. The third-order valence-electron chi connectivity index (χ3n) is 16.9. The Balaban J connectivity index is 0.000000310. The van der Waals surface area contributed by atoms with Crippen LogP contribution in [0.2, 0.25) is 0 Å². The predicted octanol–water partition coefficient (Wildman–Crippen LogP) is 11.8. The van der Waals surface area contributed by atoms with E-state index in [2.05, 4.69) is 95.7 Å². The van der Waals surface area contributed by atoms with Crippen LogP contribution < -0.4 is 21.3 Å². The van der Waals surface area contributed by atoms with E-state index < -0.39 is 80.6 Å². The zero-order valence-electron chi connectivity index (χ0n) is 58.5. The number of nitrogens with one attached hydrogen (secondary N) is 2. The number of nitro groups is 1. The normalized spacial score (nSPS) is 18.6. The molecule has 1 unspecified atom stereocenters. The molecule has 1 aliphatic carbocycles. The Hall–Kier alpha value is -6.17. The number of hydroxylamine groups is 2. The molecule has 2 aromatic carbocycles. The minimum absolute atomic E-state index is 0.00609. The van der Waals surface area contributed by atoms with E-state index in [0.29, 0.717) is 67.5 Å². The second-order valence-electron chi connectivity index (χ2n) is 25.4. The van der Waals surface area contributed by atoms with Crippen molar-refractivity contribution in [3.05, 3.63) is 114 Å². The van der Waals surface area contributed by atoms with Crippen molar-refractivity contribution in [3.63, 3.8) is 0 Å². The number of nitro benzene ring substituents is 1. The van der Waals surface area contributed by atoms with Gasteiger partial charge in [0.2, 0.25) is 5.91 Å². The summed E-state index contributed by atoms with van der Waals surface area (Å²) in [7, 11) is -5.59. The van der Waals surface area contributed by atoms with Gasteiger partial charge in [0.15, 0.2) is 0 Å². The Morgan fingerprint density at radius 1 is 0.760 bits per heavy atom. The predicted molar refractivity (Wildman–Crippen MR) is 378 cm³/mol. The highest BCUT2D eigenvalue weighted by molar-refractivity contribution is 8.76. The first-order valence-electron chi connectivity index (χ1n) is 34.5. The number of phosphoric acid groups is 2. The number of Topliss-reactive ketones (excluding diaryl/α,β-unsaturated/α-hetero) is 1. The first-order chi connectivity index (χ1) is 47.4. The number of unbranched alkanes of at least 4 members (excludes halogenated alkanes) is 9. The van der Waals surface area contributed by atoms with Gasteiger partial charge in [0.1, 0.15) is 30.0 Å². The highest BCUT2D eigenvalue weighted by atomic mass is 33.1. The van der Waals surface area contributed by atoms with Crippen molar-refractivity contribution in [1.82, 2.24) is 24.8 Å².